The van der Waals surface area contributed by atoms with Crippen molar-refractivity contribution in [2.75, 3.05) is 13.2 Å². The van der Waals surface area contributed by atoms with E-state index in [1.165, 1.54) is 11.1 Å². The van der Waals surface area contributed by atoms with E-state index in [2.05, 4.69) is 43.3 Å². The van der Waals surface area contributed by atoms with E-state index in [4.69, 9.17) is 15.2 Å². The molecule has 3 unspecified atom stereocenters. The summed E-state index contributed by atoms with van der Waals surface area (Å²) in [5.41, 5.74) is 8.53. The number of hydrogen-bond acceptors (Lipinski definition) is 3. The van der Waals surface area contributed by atoms with Gasteiger partial charge in [-0.3, -0.25) is 0 Å². The van der Waals surface area contributed by atoms with Gasteiger partial charge in [-0.15, -0.1) is 0 Å². The average molecular weight is 283 g/mol. The highest BCUT2D eigenvalue weighted by Crippen LogP contribution is 2.26. The molecule has 2 N–H and O–H groups in total. The van der Waals surface area contributed by atoms with Gasteiger partial charge in [-0.05, 0) is 23.3 Å². The number of rotatable bonds is 4. The van der Waals surface area contributed by atoms with Crippen LogP contribution in [0.25, 0.3) is 0 Å². The molecule has 3 heteroatoms. The van der Waals surface area contributed by atoms with Crippen LogP contribution in [0.1, 0.15) is 24.0 Å². The Kier molecular flexibility index (Phi) is 4.23. The van der Waals surface area contributed by atoms with Crippen molar-refractivity contribution in [3.8, 4) is 5.75 Å². The van der Waals surface area contributed by atoms with Gasteiger partial charge in [-0.25, -0.2) is 0 Å². The second-order valence-corrected chi connectivity index (χ2v) is 5.56. The van der Waals surface area contributed by atoms with Crippen molar-refractivity contribution in [1.82, 2.24) is 0 Å². The maximum Gasteiger partial charge on any atom is 0.139 e. The van der Waals surface area contributed by atoms with Crippen LogP contribution in [0.3, 0.4) is 0 Å². The molecule has 2 aromatic rings. The molecule has 21 heavy (non-hydrogen) atoms. The third-order valence-electron chi connectivity index (χ3n) is 4.04. The Morgan fingerprint density at radius 2 is 1.67 bits per heavy atom. The molecule has 1 aliphatic rings. The summed E-state index contributed by atoms with van der Waals surface area (Å²) < 4.78 is 11.2. The Bertz CT molecular complexity index is 568. The molecule has 1 heterocycles. The van der Waals surface area contributed by atoms with Gasteiger partial charge in [0, 0.05) is 5.92 Å². The highest BCUT2D eigenvalue weighted by molar-refractivity contribution is 5.35. The SMILES string of the molecule is CC(c1ccccc1)c1ccc(OC2COCC2N)cc1. The van der Waals surface area contributed by atoms with Gasteiger partial charge in [0.15, 0.2) is 0 Å². The molecule has 110 valence electrons. The standard InChI is InChI=1S/C18H21NO2/c1-13(14-5-3-2-4-6-14)15-7-9-16(10-8-15)21-18-12-20-11-17(18)19/h2-10,13,17-18H,11-12,19H2,1H3. The van der Waals surface area contributed by atoms with Gasteiger partial charge in [-0.2, -0.15) is 0 Å². The molecule has 1 saturated heterocycles. The molecule has 3 rings (SSSR count). The molecule has 0 aromatic heterocycles. The molecule has 3 atom stereocenters. The number of ether oxygens (including phenoxy) is 2. The van der Waals surface area contributed by atoms with Crippen LogP contribution in [0.2, 0.25) is 0 Å². The maximum absolute atomic E-state index is 5.93. The lowest BCUT2D eigenvalue weighted by atomic mass is 9.93. The van der Waals surface area contributed by atoms with Crippen molar-refractivity contribution in [3.63, 3.8) is 0 Å². The fourth-order valence-electron chi connectivity index (χ4n) is 2.62. The van der Waals surface area contributed by atoms with Crippen LogP contribution in [0.15, 0.2) is 54.6 Å². The van der Waals surface area contributed by atoms with Crippen molar-refractivity contribution in [2.24, 2.45) is 5.73 Å². The van der Waals surface area contributed by atoms with E-state index in [-0.39, 0.29) is 12.1 Å². The lowest BCUT2D eigenvalue weighted by molar-refractivity contribution is 0.140. The van der Waals surface area contributed by atoms with Gasteiger partial charge in [0.1, 0.15) is 11.9 Å². The molecule has 0 amide bonds. The van der Waals surface area contributed by atoms with Crippen molar-refractivity contribution >= 4 is 0 Å². The number of hydrogen-bond donors (Lipinski definition) is 1. The van der Waals surface area contributed by atoms with Gasteiger partial charge in [0.2, 0.25) is 0 Å². The fraction of sp³-hybridized carbons (Fsp3) is 0.333. The minimum atomic E-state index is -0.0394. The lowest BCUT2D eigenvalue weighted by Crippen LogP contribution is -2.37. The van der Waals surface area contributed by atoms with Crippen molar-refractivity contribution in [2.45, 2.75) is 25.0 Å². The van der Waals surface area contributed by atoms with E-state index in [1.807, 2.05) is 18.2 Å². The minimum Gasteiger partial charge on any atom is -0.486 e. The molecule has 0 bridgehead atoms. The summed E-state index contributed by atoms with van der Waals surface area (Å²) in [6, 6.07) is 18.7. The molecule has 3 nitrogen and oxygen atoms in total. The molecule has 0 saturated carbocycles. The molecule has 0 aliphatic carbocycles. The Hall–Kier alpha value is -1.84. The summed E-state index contributed by atoms with van der Waals surface area (Å²) in [5.74, 6) is 1.22. The van der Waals surface area contributed by atoms with Crippen molar-refractivity contribution in [3.05, 3.63) is 65.7 Å². The van der Waals surface area contributed by atoms with E-state index in [1.54, 1.807) is 0 Å². The third-order valence-corrected chi connectivity index (χ3v) is 4.04. The zero-order valence-electron chi connectivity index (χ0n) is 12.2. The van der Waals surface area contributed by atoms with Gasteiger partial charge in [-0.1, -0.05) is 49.4 Å². The quantitative estimate of drug-likeness (QED) is 0.938. The number of benzene rings is 2. The van der Waals surface area contributed by atoms with Crippen molar-refractivity contribution < 1.29 is 9.47 Å². The van der Waals surface area contributed by atoms with Gasteiger partial charge >= 0.3 is 0 Å². The first-order chi connectivity index (χ1) is 10.2. The Morgan fingerprint density at radius 3 is 2.29 bits per heavy atom. The topological polar surface area (TPSA) is 44.5 Å². The maximum atomic E-state index is 5.93. The monoisotopic (exact) mass is 283 g/mol. The Balaban J connectivity index is 1.69. The van der Waals surface area contributed by atoms with E-state index in [0.717, 1.165) is 5.75 Å². The molecule has 1 aliphatic heterocycles. The van der Waals surface area contributed by atoms with Gasteiger partial charge in [0.25, 0.3) is 0 Å². The van der Waals surface area contributed by atoms with Crippen LogP contribution >= 0.6 is 0 Å². The largest absolute Gasteiger partial charge is 0.486 e. The number of nitrogens with two attached hydrogens (primary N) is 1. The first-order valence-corrected chi connectivity index (χ1v) is 7.39. The van der Waals surface area contributed by atoms with Crippen LogP contribution in [-0.4, -0.2) is 25.4 Å². The average Bonchev–Trinajstić information content (AvgIpc) is 2.93. The summed E-state index contributed by atoms with van der Waals surface area (Å²) in [7, 11) is 0. The second kappa shape index (κ2) is 6.29. The second-order valence-electron chi connectivity index (χ2n) is 5.56. The van der Waals surface area contributed by atoms with Crippen LogP contribution in [0, 0.1) is 0 Å². The first kappa shape index (κ1) is 14.1. The molecule has 0 spiro atoms. The van der Waals surface area contributed by atoms with Crippen LogP contribution < -0.4 is 10.5 Å². The van der Waals surface area contributed by atoms with Crippen LogP contribution in [-0.2, 0) is 4.74 Å². The van der Waals surface area contributed by atoms with E-state index < -0.39 is 0 Å². The summed E-state index contributed by atoms with van der Waals surface area (Å²) in [5, 5.41) is 0. The summed E-state index contributed by atoms with van der Waals surface area (Å²) in [6.45, 7) is 3.36. The minimum absolute atomic E-state index is 0.0343. The van der Waals surface area contributed by atoms with Crippen molar-refractivity contribution in [1.29, 1.82) is 0 Å². The van der Waals surface area contributed by atoms with E-state index in [9.17, 15) is 0 Å². The highest BCUT2D eigenvalue weighted by Gasteiger charge is 2.26. The predicted octanol–water partition coefficient (Wildman–Crippen LogP) is 2.94. The van der Waals surface area contributed by atoms with Gasteiger partial charge < -0.3 is 15.2 Å². The predicted molar refractivity (Wildman–Crippen MR) is 83.6 cm³/mol. The third kappa shape index (κ3) is 3.26. The lowest BCUT2D eigenvalue weighted by Gasteiger charge is -2.17. The van der Waals surface area contributed by atoms with E-state index in [0.29, 0.717) is 19.1 Å². The molecular formula is C18H21NO2. The Morgan fingerprint density at radius 1 is 1.00 bits per heavy atom. The molecule has 0 radical (unpaired) electrons. The highest BCUT2D eigenvalue weighted by atomic mass is 16.5. The zero-order valence-corrected chi connectivity index (χ0v) is 12.2. The van der Waals surface area contributed by atoms with Crippen LogP contribution in [0.4, 0.5) is 0 Å². The Labute approximate surface area is 125 Å². The summed E-state index contributed by atoms with van der Waals surface area (Å²) in [4.78, 5) is 0. The zero-order chi connectivity index (χ0) is 14.7. The van der Waals surface area contributed by atoms with Crippen LogP contribution in [0.5, 0.6) is 5.75 Å². The molecule has 2 aromatic carbocycles. The summed E-state index contributed by atoms with van der Waals surface area (Å²) >= 11 is 0. The smallest absolute Gasteiger partial charge is 0.139 e. The molecular weight excluding hydrogens is 262 g/mol. The molecule has 1 fully saturated rings. The summed E-state index contributed by atoms with van der Waals surface area (Å²) in [6.07, 6.45) is -0.0394. The van der Waals surface area contributed by atoms with Gasteiger partial charge in [0.05, 0.1) is 19.3 Å². The first-order valence-electron chi connectivity index (χ1n) is 7.39. The normalized spacial score (nSPS) is 23.0. The van der Waals surface area contributed by atoms with E-state index >= 15 is 0 Å². The fourth-order valence-corrected chi connectivity index (χ4v) is 2.62.